The molecule has 0 saturated carbocycles. The van der Waals surface area contributed by atoms with Crippen molar-refractivity contribution in [3.8, 4) is 5.69 Å². The van der Waals surface area contributed by atoms with Crippen LogP contribution in [-0.2, 0) is 6.18 Å². The fourth-order valence-corrected chi connectivity index (χ4v) is 3.04. The number of anilines is 1. The minimum Gasteiger partial charge on any atom is -0.421 e. The Morgan fingerprint density at radius 3 is 2.38 bits per heavy atom. The van der Waals surface area contributed by atoms with E-state index in [1.165, 1.54) is 29.0 Å². The first-order valence-electron chi connectivity index (χ1n) is 9.07. The van der Waals surface area contributed by atoms with Gasteiger partial charge in [0, 0.05) is 17.4 Å². The van der Waals surface area contributed by atoms with E-state index in [2.05, 4.69) is 5.32 Å². The van der Waals surface area contributed by atoms with Crippen LogP contribution < -0.4 is 16.5 Å². The van der Waals surface area contributed by atoms with E-state index >= 15 is 0 Å². The number of fused-ring (bicyclic) bond motifs is 1. The lowest BCUT2D eigenvalue weighted by molar-refractivity contribution is -0.137. The predicted octanol–water partition coefficient (Wildman–Crippen LogP) is 4.35. The second kappa shape index (κ2) is 7.80. The van der Waals surface area contributed by atoms with Crippen LogP contribution >= 0.6 is 0 Å². The number of hydrogen-bond acceptors (Lipinski definition) is 4. The van der Waals surface area contributed by atoms with Crippen LogP contribution in [0.1, 0.15) is 15.9 Å². The van der Waals surface area contributed by atoms with Crippen LogP contribution in [0, 0.1) is 5.82 Å². The Hall–Kier alpha value is -4.21. The van der Waals surface area contributed by atoms with Gasteiger partial charge in [-0.3, -0.25) is 14.2 Å². The molecule has 0 aliphatic rings. The molecule has 2 aromatic carbocycles. The number of carbonyl (C=O) groups is 1. The number of pyridine rings is 1. The molecule has 2 aromatic heterocycles. The first kappa shape index (κ1) is 21.0. The second-order valence-corrected chi connectivity index (χ2v) is 6.73. The Balaban J connectivity index is 1.73. The number of rotatable bonds is 3. The molecule has 4 rings (SSSR count). The van der Waals surface area contributed by atoms with E-state index in [1.54, 1.807) is 0 Å². The van der Waals surface area contributed by atoms with E-state index in [4.69, 9.17) is 4.42 Å². The number of carbonyl (C=O) groups excluding carboxylic acids is 1. The monoisotopic (exact) mass is 444 g/mol. The summed E-state index contributed by atoms with van der Waals surface area (Å²) in [4.78, 5) is 37.5. The van der Waals surface area contributed by atoms with Crippen LogP contribution in [0.4, 0.5) is 23.2 Å². The lowest BCUT2D eigenvalue weighted by Crippen LogP contribution is -2.21. The molecule has 32 heavy (non-hydrogen) atoms. The maximum absolute atomic E-state index is 13.2. The normalized spacial score (nSPS) is 11.5. The molecule has 0 unspecified atom stereocenters. The molecule has 0 fully saturated rings. The first-order chi connectivity index (χ1) is 15.1. The summed E-state index contributed by atoms with van der Waals surface area (Å²) in [5.74, 6) is -1.48. The van der Waals surface area contributed by atoms with Crippen LogP contribution in [0.3, 0.4) is 0 Å². The molecule has 0 aliphatic heterocycles. The summed E-state index contributed by atoms with van der Waals surface area (Å²) in [5.41, 5.74) is -3.11. The van der Waals surface area contributed by atoms with E-state index in [0.717, 1.165) is 36.4 Å². The molecular weight excluding hydrogens is 432 g/mol. The molecule has 1 amide bonds. The van der Waals surface area contributed by atoms with Gasteiger partial charge in [-0.2, -0.15) is 13.2 Å². The Morgan fingerprint density at radius 2 is 1.69 bits per heavy atom. The highest BCUT2D eigenvalue weighted by atomic mass is 19.4. The lowest BCUT2D eigenvalue weighted by Gasteiger charge is -2.10. The average molecular weight is 444 g/mol. The van der Waals surface area contributed by atoms with E-state index in [1.807, 2.05) is 0 Å². The highest BCUT2D eigenvalue weighted by Gasteiger charge is 2.31. The van der Waals surface area contributed by atoms with Crippen LogP contribution in [0.15, 0.2) is 80.9 Å². The molecule has 0 saturated heterocycles. The van der Waals surface area contributed by atoms with Gasteiger partial charge in [0.2, 0.25) is 0 Å². The maximum atomic E-state index is 13.2. The lowest BCUT2D eigenvalue weighted by atomic mass is 10.1. The van der Waals surface area contributed by atoms with E-state index in [9.17, 15) is 31.9 Å². The topological polar surface area (TPSA) is 81.3 Å². The summed E-state index contributed by atoms with van der Waals surface area (Å²) in [7, 11) is 0. The summed E-state index contributed by atoms with van der Waals surface area (Å²) >= 11 is 0. The summed E-state index contributed by atoms with van der Waals surface area (Å²) in [6.45, 7) is 0. The van der Waals surface area contributed by atoms with Gasteiger partial charge in [-0.25, -0.2) is 9.18 Å². The van der Waals surface area contributed by atoms with Gasteiger partial charge in [0.1, 0.15) is 17.1 Å². The number of amides is 1. The number of hydrogen-bond donors (Lipinski definition) is 1. The molecule has 10 heteroatoms. The van der Waals surface area contributed by atoms with Crippen LogP contribution in [0.25, 0.3) is 16.7 Å². The molecule has 0 bridgehead atoms. The van der Waals surface area contributed by atoms with Crippen molar-refractivity contribution < 1.29 is 26.8 Å². The van der Waals surface area contributed by atoms with Crippen molar-refractivity contribution in [2.75, 3.05) is 5.32 Å². The van der Waals surface area contributed by atoms with Gasteiger partial charge in [0.25, 0.3) is 11.5 Å². The van der Waals surface area contributed by atoms with Crippen LogP contribution in [0.2, 0.25) is 0 Å². The molecule has 162 valence electrons. The minimum atomic E-state index is -4.65. The van der Waals surface area contributed by atoms with Gasteiger partial charge in [-0.15, -0.1) is 0 Å². The van der Waals surface area contributed by atoms with Crippen molar-refractivity contribution in [3.05, 3.63) is 105 Å². The zero-order valence-electron chi connectivity index (χ0n) is 15.9. The summed E-state index contributed by atoms with van der Waals surface area (Å²) in [5, 5.41) is 2.11. The van der Waals surface area contributed by atoms with E-state index in [0.29, 0.717) is 11.8 Å². The molecule has 0 spiro atoms. The van der Waals surface area contributed by atoms with Crippen molar-refractivity contribution in [2.24, 2.45) is 0 Å². The molecule has 2 heterocycles. The van der Waals surface area contributed by atoms with E-state index < -0.39 is 40.3 Å². The second-order valence-electron chi connectivity index (χ2n) is 6.73. The Kier molecular flexibility index (Phi) is 5.13. The van der Waals surface area contributed by atoms with Gasteiger partial charge in [-0.05, 0) is 54.6 Å². The average Bonchev–Trinajstić information content (AvgIpc) is 2.75. The smallest absolute Gasteiger partial charge is 0.416 e. The summed E-state index contributed by atoms with van der Waals surface area (Å²) in [6.07, 6.45) is -3.31. The third-order valence-electron chi connectivity index (χ3n) is 4.61. The van der Waals surface area contributed by atoms with E-state index in [-0.39, 0.29) is 16.5 Å². The quantitative estimate of drug-likeness (QED) is 0.477. The zero-order chi connectivity index (χ0) is 23.0. The van der Waals surface area contributed by atoms with Gasteiger partial charge >= 0.3 is 11.8 Å². The number of nitrogens with zero attached hydrogens (tertiary/aromatic N) is 1. The van der Waals surface area contributed by atoms with Crippen molar-refractivity contribution in [3.63, 3.8) is 0 Å². The van der Waals surface area contributed by atoms with Gasteiger partial charge in [0.15, 0.2) is 0 Å². The highest BCUT2D eigenvalue weighted by molar-refractivity contribution is 6.04. The molecule has 4 aromatic rings. The molecule has 0 radical (unpaired) electrons. The number of halogens is 4. The fourth-order valence-electron chi connectivity index (χ4n) is 3.04. The van der Waals surface area contributed by atoms with Crippen LogP contribution in [0.5, 0.6) is 0 Å². The molecular formula is C22H12F4N2O4. The van der Waals surface area contributed by atoms with Gasteiger partial charge in [-0.1, -0.05) is 6.07 Å². The predicted molar refractivity (Wildman–Crippen MR) is 107 cm³/mol. The molecule has 0 aliphatic carbocycles. The number of benzene rings is 2. The van der Waals surface area contributed by atoms with Gasteiger partial charge < -0.3 is 9.73 Å². The van der Waals surface area contributed by atoms with Crippen molar-refractivity contribution in [2.45, 2.75) is 6.18 Å². The summed E-state index contributed by atoms with van der Waals surface area (Å²) < 4.78 is 58.1. The molecule has 6 nitrogen and oxygen atoms in total. The fraction of sp³-hybridized carbons (Fsp3) is 0.0455. The van der Waals surface area contributed by atoms with Crippen molar-refractivity contribution in [1.29, 1.82) is 0 Å². The molecule has 1 N–H and O–H groups in total. The number of alkyl halides is 3. The Labute approximate surface area is 176 Å². The maximum Gasteiger partial charge on any atom is 0.416 e. The summed E-state index contributed by atoms with van der Waals surface area (Å²) in [6, 6.07) is 11.1. The zero-order valence-corrected chi connectivity index (χ0v) is 15.9. The third kappa shape index (κ3) is 4.02. The molecule has 0 atom stereocenters. The first-order valence-corrected chi connectivity index (χ1v) is 9.07. The van der Waals surface area contributed by atoms with Crippen molar-refractivity contribution >= 4 is 22.6 Å². The third-order valence-corrected chi connectivity index (χ3v) is 4.61. The van der Waals surface area contributed by atoms with Crippen LogP contribution in [-0.4, -0.2) is 10.5 Å². The van der Waals surface area contributed by atoms with Crippen molar-refractivity contribution in [1.82, 2.24) is 4.57 Å². The largest absolute Gasteiger partial charge is 0.421 e. The highest BCUT2D eigenvalue weighted by Crippen LogP contribution is 2.29. The SMILES string of the molecule is O=C(Nc1cc2c(=O)n(-c3ccc(F)cc3)ccc2oc1=O)c1cccc(C(F)(F)F)c1. The number of aromatic nitrogens is 1. The Bertz CT molecular complexity index is 1450. The standard InChI is InChI=1S/C22H12F4N2O4/c23-14-4-6-15(7-5-14)28-9-8-18-16(20(28)30)11-17(21(31)32-18)27-19(29)12-2-1-3-13(10-12)22(24,25)26/h1-11H,(H,27,29). The number of nitrogens with one attached hydrogen (secondary N) is 1. The Morgan fingerprint density at radius 1 is 0.969 bits per heavy atom. The minimum absolute atomic E-state index is 0.0598. The van der Waals surface area contributed by atoms with Gasteiger partial charge in [0.05, 0.1) is 10.9 Å².